The fraction of sp³-hybridized carbons (Fsp3) is 0.380. The van der Waals surface area contributed by atoms with Gasteiger partial charge in [-0.3, -0.25) is 0 Å². The third-order valence-electron chi connectivity index (χ3n) is 15.3. The highest BCUT2D eigenvalue weighted by atomic mass is 32.1. The fourth-order valence-electron chi connectivity index (χ4n) is 11.5. The molecular weight excluding hydrogens is 947 g/mol. The fourth-order valence-corrected chi connectivity index (χ4v) is 11.7. The molecule has 0 amide bonds. The minimum Gasteiger partial charge on any atom is -0.493 e. The Morgan fingerprint density at radius 3 is 0.842 bits per heavy atom. The first kappa shape index (κ1) is 57.5. The highest BCUT2D eigenvalue weighted by Gasteiger charge is 2.27. The van der Waals surface area contributed by atoms with E-state index in [1.807, 2.05) is 0 Å². The lowest BCUT2D eigenvalue weighted by molar-refractivity contribution is -0.141. The molecule has 0 saturated heterocycles. The molecule has 7 aromatic rings. The van der Waals surface area contributed by atoms with Crippen molar-refractivity contribution < 1.29 is 14.6 Å². The van der Waals surface area contributed by atoms with E-state index in [9.17, 15) is 9.90 Å². The topological polar surface area (TPSA) is 58.9 Å². The summed E-state index contributed by atoms with van der Waals surface area (Å²) in [4.78, 5) is 18.3. The predicted octanol–water partition coefficient (Wildman–Crippen LogP) is 20.5. The molecule has 0 aliphatic rings. The van der Waals surface area contributed by atoms with E-state index in [1.165, 1.54) is 73.9 Å². The van der Waals surface area contributed by atoms with E-state index >= 15 is 0 Å². The third-order valence-corrected chi connectivity index (χ3v) is 15.7. The molecule has 5 heteroatoms. The molecule has 4 nitrogen and oxygen atoms in total. The van der Waals surface area contributed by atoms with Crippen LogP contribution in [0, 0.1) is 0 Å². The van der Waals surface area contributed by atoms with Crippen LogP contribution < -0.4 is 0 Å². The zero-order valence-electron chi connectivity index (χ0n) is 48.7. The maximum absolute atomic E-state index is 13.4. The number of rotatable bonds is 18. The van der Waals surface area contributed by atoms with Crippen LogP contribution in [0.25, 0.3) is 66.8 Å². The van der Waals surface area contributed by atoms with E-state index in [0.29, 0.717) is 5.56 Å². The van der Waals surface area contributed by atoms with Crippen LogP contribution >= 0.6 is 12.6 Å². The molecule has 0 saturated carbocycles. The molecule has 0 bridgehead atoms. The number of aliphatic imine (C=N–C) groups is 1. The number of thiol groups is 1. The van der Waals surface area contributed by atoms with Crippen molar-refractivity contribution in [3.05, 3.63) is 177 Å². The number of esters is 1. The van der Waals surface area contributed by atoms with Crippen molar-refractivity contribution >= 4 is 24.5 Å². The Labute approximate surface area is 462 Å². The summed E-state index contributed by atoms with van der Waals surface area (Å²) >= 11 is 4.59. The lowest BCUT2D eigenvalue weighted by Crippen LogP contribution is -2.24. The third kappa shape index (κ3) is 11.9. The predicted molar refractivity (Wildman–Crippen MR) is 331 cm³/mol. The Kier molecular flexibility index (Phi) is 18.5. The summed E-state index contributed by atoms with van der Waals surface area (Å²) in [6, 6.07) is 46.4. The van der Waals surface area contributed by atoms with Gasteiger partial charge in [-0.2, -0.15) is 12.6 Å². The van der Waals surface area contributed by atoms with Crippen LogP contribution in [0.5, 0.6) is 0 Å². The van der Waals surface area contributed by atoms with Crippen LogP contribution in [0.2, 0.25) is 0 Å². The van der Waals surface area contributed by atoms with Gasteiger partial charge in [-0.25, -0.2) is 9.79 Å². The van der Waals surface area contributed by atoms with Crippen molar-refractivity contribution in [3.8, 4) is 66.8 Å². The number of hydrogen-bond donors (Lipinski definition) is 2. The number of nitrogens with zero attached hydrogens (tertiary/aromatic N) is 1. The van der Waals surface area contributed by atoms with E-state index in [-0.39, 0.29) is 59.0 Å². The molecule has 0 radical (unpaired) electrons. The van der Waals surface area contributed by atoms with Crippen molar-refractivity contribution in [2.75, 3.05) is 12.9 Å². The summed E-state index contributed by atoms with van der Waals surface area (Å²) in [7, 11) is 1.35. The number of aliphatic hydroxyl groups is 1. The second kappa shape index (κ2) is 24.4. The van der Waals surface area contributed by atoms with Gasteiger partial charge in [-0.05, 0) is 195 Å². The van der Waals surface area contributed by atoms with E-state index in [1.54, 1.807) is 0 Å². The number of ether oxygens (including phenoxy) is 1. The number of carbonyl (C=O) groups excluding carboxylic acids is 1. The van der Waals surface area contributed by atoms with E-state index < -0.39 is 12.0 Å². The van der Waals surface area contributed by atoms with Gasteiger partial charge in [0.15, 0.2) is 6.04 Å². The molecular formula is C71H85NO3S. The van der Waals surface area contributed by atoms with Crippen LogP contribution in [0.4, 0.5) is 0 Å². The average Bonchev–Trinajstić information content (AvgIpc) is 3.40. The van der Waals surface area contributed by atoms with Crippen molar-refractivity contribution in [2.45, 2.75) is 164 Å². The summed E-state index contributed by atoms with van der Waals surface area (Å²) in [5, 5.41) is 13.0. The summed E-state index contributed by atoms with van der Waals surface area (Å²) in [6.45, 7) is 36.5. The molecule has 0 aromatic heterocycles. The normalized spacial score (nSPS) is 12.7. The minimum absolute atomic E-state index is 0.0510. The highest BCUT2D eigenvalue weighted by molar-refractivity contribution is 7.80. The standard InChI is InChI=1S/C71H85NO3S/c1-40(2)54-23-18-24-55(41(3)4)65(54)50-33-48(34-51(37-50)66-56(42(5)6)25-19-26-57(66)43(7)8)62-31-22-32-63(69(62)70(73)72-64(39-76)71(74)75-17)49-35-52(67-58(44(9)10)27-20-28-59(67)45(11)12)38-53(36-49)68-60(46(13)14)29-21-30-61(68)47(15)16/h18-38,40-47,64,76H,39H2,1-17H3,(H,72,73)/t64-/m0/s1. The quantitative estimate of drug-likeness (QED) is 0.0390. The van der Waals surface area contributed by atoms with Gasteiger partial charge < -0.3 is 9.84 Å². The van der Waals surface area contributed by atoms with Gasteiger partial charge in [-0.15, -0.1) is 0 Å². The van der Waals surface area contributed by atoms with Gasteiger partial charge in [-0.1, -0.05) is 202 Å². The number of benzene rings is 7. The summed E-state index contributed by atoms with van der Waals surface area (Å²) < 4.78 is 5.27. The Bertz CT molecular complexity index is 2780. The Hall–Kier alpha value is -6.17. The first-order chi connectivity index (χ1) is 36.1. The molecule has 1 N–H and O–H groups in total. The number of methoxy groups -OCH3 is 1. The lowest BCUT2D eigenvalue weighted by atomic mass is 9.79. The first-order valence-corrected chi connectivity index (χ1v) is 28.6. The molecule has 398 valence electrons. The van der Waals surface area contributed by atoms with Gasteiger partial charge in [0.1, 0.15) is 0 Å². The van der Waals surface area contributed by atoms with E-state index in [2.05, 4.69) is 251 Å². The van der Waals surface area contributed by atoms with Gasteiger partial charge in [0.25, 0.3) is 0 Å². The van der Waals surface area contributed by atoms with Gasteiger partial charge in [0, 0.05) is 5.75 Å². The molecule has 0 aliphatic heterocycles. The monoisotopic (exact) mass is 1030 g/mol. The Morgan fingerprint density at radius 1 is 0.408 bits per heavy atom. The Morgan fingerprint density at radius 2 is 0.632 bits per heavy atom. The molecule has 0 fully saturated rings. The van der Waals surface area contributed by atoms with E-state index in [4.69, 9.17) is 9.73 Å². The zero-order valence-corrected chi connectivity index (χ0v) is 49.6. The maximum atomic E-state index is 13.4. The van der Waals surface area contributed by atoms with Crippen LogP contribution in [0.3, 0.4) is 0 Å². The Balaban J connectivity index is 1.72. The first-order valence-electron chi connectivity index (χ1n) is 28.0. The number of hydrogen-bond acceptors (Lipinski definition) is 4. The van der Waals surface area contributed by atoms with Gasteiger partial charge >= 0.3 is 5.97 Å². The summed E-state index contributed by atoms with van der Waals surface area (Å²) in [5.74, 6) is 1.33. The molecule has 7 rings (SSSR count). The molecule has 0 unspecified atom stereocenters. The lowest BCUT2D eigenvalue weighted by Gasteiger charge is -2.25. The van der Waals surface area contributed by atoms with Crippen LogP contribution in [-0.4, -0.2) is 35.9 Å². The number of aliphatic hydroxyl groups excluding tert-OH is 1. The van der Waals surface area contributed by atoms with Crippen LogP contribution in [0.15, 0.2) is 132 Å². The van der Waals surface area contributed by atoms with Gasteiger partial charge in [0.2, 0.25) is 5.90 Å². The summed E-state index contributed by atoms with van der Waals surface area (Å²) in [6.07, 6.45) is 0. The second-order valence-corrected chi connectivity index (χ2v) is 23.8. The second-order valence-electron chi connectivity index (χ2n) is 23.5. The highest BCUT2D eigenvalue weighted by Crippen LogP contribution is 2.48. The average molecular weight is 1030 g/mol. The van der Waals surface area contributed by atoms with Crippen molar-refractivity contribution in [3.63, 3.8) is 0 Å². The molecule has 76 heavy (non-hydrogen) atoms. The maximum Gasteiger partial charge on any atom is 0.331 e. The van der Waals surface area contributed by atoms with Gasteiger partial charge in [0.05, 0.1) is 12.7 Å². The van der Waals surface area contributed by atoms with Crippen LogP contribution in [0.1, 0.15) is 208 Å². The van der Waals surface area contributed by atoms with Crippen molar-refractivity contribution in [1.29, 1.82) is 0 Å². The molecule has 0 heterocycles. The van der Waals surface area contributed by atoms with Crippen LogP contribution in [-0.2, 0) is 9.53 Å². The SMILES string of the molecule is COC(=O)[C@H](CS)N=C(O)c1c(-c2cc(-c3c(C(C)C)cccc3C(C)C)cc(-c3c(C(C)C)cccc3C(C)C)c2)cccc1-c1cc(-c2c(C(C)C)cccc2C(C)C)cc(-c2c(C(C)C)cccc2C(C)C)c1. The van der Waals surface area contributed by atoms with Crippen molar-refractivity contribution in [1.82, 2.24) is 0 Å². The zero-order chi connectivity index (χ0) is 55.4. The number of carbonyl (C=O) groups is 1. The van der Waals surface area contributed by atoms with E-state index in [0.717, 1.165) is 44.5 Å². The largest absolute Gasteiger partial charge is 0.493 e. The molecule has 0 spiro atoms. The molecule has 7 aromatic carbocycles. The molecule has 0 aliphatic carbocycles. The van der Waals surface area contributed by atoms with Crippen molar-refractivity contribution in [2.24, 2.45) is 4.99 Å². The molecule has 1 atom stereocenters. The minimum atomic E-state index is -1.05. The summed E-state index contributed by atoms with van der Waals surface area (Å²) in [5.41, 5.74) is 23.8. The smallest absolute Gasteiger partial charge is 0.331 e.